The lowest BCUT2D eigenvalue weighted by atomic mass is 9.82. The van der Waals surface area contributed by atoms with Gasteiger partial charge in [0.2, 0.25) is 0 Å². The number of carbonyl (C=O) groups excluding carboxylic acids is 2. The number of nitrogens with zero attached hydrogens (tertiary/aromatic N) is 1. The standard InChI is InChI=1S/C29H31NO7/c1-14(2)17-6-8-18(9-7-17)21(11-23(32)36-5)25-27(34)20(16(4)31)10-22(28(25)35)29-24-19(13-37-29)12-30-15(3)26(24)33/h6-10,12,14,21,29,33-35H,11,13H2,1-5H3/t21-,29+/m1/s1. The number of rotatable bonds is 7. The molecular weight excluding hydrogens is 474 g/mol. The molecule has 8 nitrogen and oxygen atoms in total. The number of aromatic nitrogens is 1. The Labute approximate surface area is 215 Å². The summed E-state index contributed by atoms with van der Waals surface area (Å²) in [5.74, 6) is -2.31. The van der Waals surface area contributed by atoms with E-state index in [1.165, 1.54) is 20.1 Å². The molecule has 0 unspecified atom stereocenters. The molecule has 1 aromatic heterocycles. The van der Waals surface area contributed by atoms with Crippen LogP contribution in [0, 0.1) is 6.92 Å². The Morgan fingerprint density at radius 1 is 1.08 bits per heavy atom. The van der Waals surface area contributed by atoms with Gasteiger partial charge in [0.15, 0.2) is 5.78 Å². The Morgan fingerprint density at radius 3 is 2.32 bits per heavy atom. The van der Waals surface area contributed by atoms with Crippen molar-refractivity contribution in [2.24, 2.45) is 0 Å². The third kappa shape index (κ3) is 4.76. The van der Waals surface area contributed by atoms with Crippen LogP contribution in [0.25, 0.3) is 0 Å². The van der Waals surface area contributed by atoms with Gasteiger partial charge in [0.1, 0.15) is 23.4 Å². The number of esters is 1. The maximum absolute atomic E-state index is 12.6. The molecule has 3 N–H and O–H groups in total. The van der Waals surface area contributed by atoms with Crippen molar-refractivity contribution in [1.82, 2.24) is 4.98 Å². The summed E-state index contributed by atoms with van der Waals surface area (Å²) in [4.78, 5) is 29.2. The monoisotopic (exact) mass is 505 g/mol. The number of hydrogen-bond acceptors (Lipinski definition) is 8. The largest absolute Gasteiger partial charge is 0.507 e. The van der Waals surface area contributed by atoms with Crippen LogP contribution in [0.15, 0.2) is 36.5 Å². The third-order valence-corrected chi connectivity index (χ3v) is 6.98. The number of carbonyl (C=O) groups is 2. The van der Waals surface area contributed by atoms with Crippen molar-refractivity contribution >= 4 is 11.8 Å². The highest BCUT2D eigenvalue weighted by Crippen LogP contribution is 2.50. The molecule has 2 heterocycles. The van der Waals surface area contributed by atoms with Gasteiger partial charge in [-0.3, -0.25) is 14.6 Å². The average Bonchev–Trinajstić information content (AvgIpc) is 3.30. The number of ether oxygens (including phenoxy) is 2. The zero-order chi connectivity index (χ0) is 27.0. The fraction of sp³-hybridized carbons (Fsp3) is 0.345. The van der Waals surface area contributed by atoms with E-state index in [0.29, 0.717) is 22.4 Å². The second kappa shape index (κ2) is 10.2. The molecule has 0 radical (unpaired) electrons. The number of ketones is 1. The molecule has 0 spiro atoms. The number of aromatic hydroxyl groups is 3. The summed E-state index contributed by atoms with van der Waals surface area (Å²) >= 11 is 0. The summed E-state index contributed by atoms with van der Waals surface area (Å²) in [6.07, 6.45) is 0.511. The molecule has 0 saturated heterocycles. The zero-order valence-corrected chi connectivity index (χ0v) is 21.5. The van der Waals surface area contributed by atoms with Crippen molar-refractivity contribution in [2.75, 3.05) is 7.11 Å². The van der Waals surface area contributed by atoms with Crippen molar-refractivity contribution in [3.05, 3.63) is 81.2 Å². The van der Waals surface area contributed by atoms with Crippen LogP contribution in [0.3, 0.4) is 0 Å². The van der Waals surface area contributed by atoms with Gasteiger partial charge in [0.05, 0.1) is 31.4 Å². The molecule has 2 atom stereocenters. The Morgan fingerprint density at radius 2 is 1.73 bits per heavy atom. The fourth-order valence-corrected chi connectivity index (χ4v) is 4.81. The topological polar surface area (TPSA) is 126 Å². The Balaban J connectivity index is 1.96. The number of phenols is 2. The van der Waals surface area contributed by atoms with Gasteiger partial charge in [-0.15, -0.1) is 0 Å². The minimum Gasteiger partial charge on any atom is -0.507 e. The van der Waals surface area contributed by atoms with Crippen LogP contribution < -0.4 is 0 Å². The molecule has 0 aliphatic carbocycles. The van der Waals surface area contributed by atoms with Gasteiger partial charge in [0.25, 0.3) is 0 Å². The van der Waals surface area contributed by atoms with Gasteiger partial charge >= 0.3 is 5.97 Å². The molecular formula is C29H31NO7. The van der Waals surface area contributed by atoms with E-state index in [1.54, 1.807) is 13.1 Å². The maximum atomic E-state index is 12.6. The SMILES string of the molecule is COC(=O)C[C@H](c1ccc(C(C)C)cc1)c1c(O)c(C(C)=O)cc([C@@H]2OCc3cnc(C)c(O)c32)c1O. The first-order valence-corrected chi connectivity index (χ1v) is 12.1. The summed E-state index contributed by atoms with van der Waals surface area (Å²) in [6, 6.07) is 8.91. The first-order chi connectivity index (χ1) is 17.5. The van der Waals surface area contributed by atoms with E-state index < -0.39 is 29.5 Å². The van der Waals surface area contributed by atoms with E-state index in [0.717, 1.165) is 5.56 Å². The number of Topliss-reactive ketones (excluding diaryl/α,β-unsaturated/α-hetero) is 1. The Hall–Kier alpha value is -3.91. The number of pyridine rings is 1. The predicted molar refractivity (Wildman–Crippen MR) is 136 cm³/mol. The van der Waals surface area contributed by atoms with Crippen LogP contribution in [0.4, 0.5) is 0 Å². The zero-order valence-electron chi connectivity index (χ0n) is 21.5. The van der Waals surface area contributed by atoms with Crippen LogP contribution in [-0.4, -0.2) is 39.2 Å². The van der Waals surface area contributed by atoms with E-state index in [2.05, 4.69) is 18.8 Å². The van der Waals surface area contributed by atoms with Gasteiger partial charge in [-0.05, 0) is 37.0 Å². The summed E-state index contributed by atoms with van der Waals surface area (Å²) < 4.78 is 10.9. The molecule has 37 heavy (non-hydrogen) atoms. The molecule has 194 valence electrons. The van der Waals surface area contributed by atoms with Crippen LogP contribution in [0.1, 0.15) is 94.6 Å². The van der Waals surface area contributed by atoms with Crippen molar-refractivity contribution in [2.45, 2.75) is 58.7 Å². The number of hydrogen-bond donors (Lipinski definition) is 3. The lowest BCUT2D eigenvalue weighted by Gasteiger charge is -2.25. The van der Waals surface area contributed by atoms with Crippen LogP contribution in [0.2, 0.25) is 0 Å². The Bertz CT molecular complexity index is 1360. The van der Waals surface area contributed by atoms with Gasteiger partial charge in [-0.25, -0.2) is 0 Å². The minimum absolute atomic E-state index is 0.0210. The lowest BCUT2D eigenvalue weighted by Crippen LogP contribution is -2.13. The molecule has 3 aromatic rings. The highest BCUT2D eigenvalue weighted by Gasteiger charge is 2.36. The average molecular weight is 506 g/mol. The highest BCUT2D eigenvalue weighted by molar-refractivity contribution is 5.98. The van der Waals surface area contributed by atoms with Crippen LogP contribution in [-0.2, 0) is 20.9 Å². The van der Waals surface area contributed by atoms with Crippen LogP contribution in [0.5, 0.6) is 17.2 Å². The molecule has 0 bridgehead atoms. The van der Waals surface area contributed by atoms with Crippen molar-refractivity contribution < 1.29 is 34.4 Å². The minimum atomic E-state index is -0.906. The van der Waals surface area contributed by atoms with Gasteiger partial charge in [-0.2, -0.15) is 0 Å². The van der Waals surface area contributed by atoms with E-state index in [9.17, 15) is 24.9 Å². The van der Waals surface area contributed by atoms with Crippen LogP contribution >= 0.6 is 0 Å². The fourth-order valence-electron chi connectivity index (χ4n) is 4.81. The first-order valence-electron chi connectivity index (χ1n) is 12.1. The quantitative estimate of drug-likeness (QED) is 0.297. The summed E-state index contributed by atoms with van der Waals surface area (Å²) in [5.41, 5.74) is 3.43. The number of phenolic OH excluding ortho intramolecular Hbond substituents is 2. The maximum Gasteiger partial charge on any atom is 0.306 e. The summed E-state index contributed by atoms with van der Waals surface area (Å²) in [6.45, 7) is 7.23. The van der Waals surface area contributed by atoms with E-state index in [1.807, 2.05) is 24.3 Å². The smallest absolute Gasteiger partial charge is 0.306 e. The van der Waals surface area contributed by atoms with Gasteiger partial charge in [-0.1, -0.05) is 38.1 Å². The van der Waals surface area contributed by atoms with E-state index in [-0.39, 0.29) is 47.1 Å². The number of aryl methyl sites for hydroxylation is 1. The van der Waals surface area contributed by atoms with Gasteiger partial charge in [0, 0.05) is 34.4 Å². The van der Waals surface area contributed by atoms with E-state index in [4.69, 9.17) is 9.47 Å². The molecule has 1 aliphatic rings. The molecule has 0 amide bonds. The molecule has 8 heteroatoms. The summed E-state index contributed by atoms with van der Waals surface area (Å²) in [7, 11) is 1.26. The second-order valence-corrected chi connectivity index (χ2v) is 9.66. The molecule has 4 rings (SSSR count). The van der Waals surface area contributed by atoms with Crippen molar-refractivity contribution in [3.8, 4) is 17.2 Å². The Kier molecular flexibility index (Phi) is 7.23. The summed E-state index contributed by atoms with van der Waals surface area (Å²) in [5, 5.41) is 33.6. The first kappa shape index (κ1) is 26.2. The lowest BCUT2D eigenvalue weighted by molar-refractivity contribution is -0.140. The number of fused-ring (bicyclic) bond motifs is 1. The third-order valence-electron chi connectivity index (χ3n) is 6.98. The number of benzene rings is 2. The highest BCUT2D eigenvalue weighted by atomic mass is 16.5. The molecule has 1 aliphatic heterocycles. The van der Waals surface area contributed by atoms with Gasteiger partial charge < -0.3 is 24.8 Å². The predicted octanol–water partition coefficient (Wildman–Crippen LogP) is 5.15. The number of methoxy groups -OCH3 is 1. The van der Waals surface area contributed by atoms with Crippen molar-refractivity contribution in [1.29, 1.82) is 0 Å². The normalized spacial score (nSPS) is 15.5. The molecule has 0 saturated carbocycles. The second-order valence-electron chi connectivity index (χ2n) is 9.66. The van der Waals surface area contributed by atoms with E-state index >= 15 is 0 Å². The van der Waals surface area contributed by atoms with Crippen molar-refractivity contribution in [3.63, 3.8) is 0 Å². The molecule has 0 fully saturated rings. The molecule has 2 aromatic carbocycles.